The first-order chi connectivity index (χ1) is 7.50. The van der Waals surface area contributed by atoms with Crippen molar-refractivity contribution < 1.29 is 9.90 Å². The van der Waals surface area contributed by atoms with Gasteiger partial charge in [0.05, 0.1) is 5.69 Å². The topological polar surface area (TPSA) is 93.2 Å². The van der Waals surface area contributed by atoms with E-state index in [4.69, 9.17) is 10.8 Å². The second-order valence-corrected chi connectivity index (χ2v) is 3.93. The van der Waals surface area contributed by atoms with Crippen LogP contribution in [0.4, 0.5) is 0 Å². The van der Waals surface area contributed by atoms with Gasteiger partial charge in [-0.2, -0.15) is 5.10 Å². The second-order valence-electron chi connectivity index (χ2n) is 3.93. The molecule has 0 saturated carbocycles. The van der Waals surface area contributed by atoms with Gasteiger partial charge in [-0.3, -0.25) is 9.48 Å². The van der Waals surface area contributed by atoms with Gasteiger partial charge >= 0.3 is 0 Å². The highest BCUT2D eigenvalue weighted by atomic mass is 16.3. The number of hydrogen-bond donors (Lipinski definition) is 3. The molecule has 6 nitrogen and oxygen atoms in total. The Morgan fingerprint density at radius 2 is 2.38 bits per heavy atom. The molecule has 1 aromatic heterocycles. The molecule has 1 atom stereocenters. The molecule has 0 aliphatic carbocycles. The summed E-state index contributed by atoms with van der Waals surface area (Å²) in [5, 5.41) is 16.4. The van der Waals surface area contributed by atoms with Gasteiger partial charge in [0.2, 0.25) is 5.91 Å². The van der Waals surface area contributed by atoms with Crippen LogP contribution in [0.5, 0.6) is 0 Å². The van der Waals surface area contributed by atoms with E-state index in [9.17, 15) is 4.79 Å². The lowest BCUT2D eigenvalue weighted by atomic mass is 10.3. The molecule has 0 spiro atoms. The Balaban J connectivity index is 2.34. The molecule has 0 fully saturated rings. The fraction of sp³-hybridized carbons (Fsp3) is 0.600. The highest BCUT2D eigenvalue weighted by Crippen LogP contribution is 2.03. The quantitative estimate of drug-likeness (QED) is 0.604. The van der Waals surface area contributed by atoms with Crippen molar-refractivity contribution >= 4 is 5.91 Å². The summed E-state index contributed by atoms with van der Waals surface area (Å²) in [6.07, 6.45) is 0.749. The Morgan fingerprint density at radius 1 is 1.69 bits per heavy atom. The first-order valence-electron chi connectivity index (χ1n) is 5.23. The van der Waals surface area contributed by atoms with Crippen LogP contribution >= 0.6 is 0 Å². The van der Waals surface area contributed by atoms with E-state index < -0.39 is 12.0 Å². The number of hydrogen-bond acceptors (Lipinski definition) is 4. The summed E-state index contributed by atoms with van der Waals surface area (Å²) in [5.74, 6) is -0.722. The lowest BCUT2D eigenvalue weighted by molar-refractivity contribution is -0.125. The third-order valence-corrected chi connectivity index (χ3v) is 2.16. The van der Waals surface area contributed by atoms with Crippen LogP contribution in [0.3, 0.4) is 0 Å². The van der Waals surface area contributed by atoms with Crippen molar-refractivity contribution in [2.45, 2.75) is 32.5 Å². The molecule has 1 rings (SSSR count). The van der Waals surface area contributed by atoms with Crippen molar-refractivity contribution in [2.75, 3.05) is 6.54 Å². The number of aliphatic hydroxyl groups is 1. The van der Waals surface area contributed by atoms with Gasteiger partial charge in [0, 0.05) is 25.3 Å². The number of rotatable bonds is 6. The van der Waals surface area contributed by atoms with Crippen LogP contribution in [0.15, 0.2) is 12.3 Å². The maximum absolute atomic E-state index is 10.5. The first-order valence-corrected chi connectivity index (χ1v) is 5.23. The predicted molar refractivity (Wildman–Crippen MR) is 59.5 cm³/mol. The molecular formula is C10H18N4O2. The molecule has 0 bridgehead atoms. The minimum Gasteiger partial charge on any atom is -0.382 e. The van der Waals surface area contributed by atoms with E-state index >= 15 is 0 Å². The van der Waals surface area contributed by atoms with Crippen LogP contribution in [0.25, 0.3) is 0 Å². The van der Waals surface area contributed by atoms with E-state index in [1.54, 1.807) is 0 Å². The van der Waals surface area contributed by atoms with Gasteiger partial charge in [0.1, 0.15) is 6.10 Å². The van der Waals surface area contributed by atoms with Gasteiger partial charge in [-0.15, -0.1) is 0 Å². The third kappa shape index (κ3) is 3.63. The molecular weight excluding hydrogens is 208 g/mol. The molecule has 90 valence electrons. The van der Waals surface area contributed by atoms with Gasteiger partial charge in [0.25, 0.3) is 0 Å². The third-order valence-electron chi connectivity index (χ3n) is 2.16. The number of nitrogens with two attached hydrogens (primary N) is 1. The van der Waals surface area contributed by atoms with Gasteiger partial charge in [-0.25, -0.2) is 0 Å². The van der Waals surface area contributed by atoms with E-state index in [1.165, 1.54) is 0 Å². The smallest absolute Gasteiger partial charge is 0.247 e. The van der Waals surface area contributed by atoms with E-state index in [0.717, 1.165) is 5.69 Å². The Bertz CT molecular complexity index is 348. The second kappa shape index (κ2) is 5.62. The standard InChI is InChI=1S/C10H18N4O2/c1-7(2)14-4-3-8(13-14)5-12-6-9(15)10(11)16/h3-4,7,9,12,15H,5-6H2,1-2H3,(H2,11,16). The van der Waals surface area contributed by atoms with Gasteiger partial charge < -0.3 is 16.2 Å². The zero-order valence-electron chi connectivity index (χ0n) is 9.55. The van der Waals surface area contributed by atoms with Crippen molar-refractivity contribution in [1.82, 2.24) is 15.1 Å². The normalized spacial score (nSPS) is 13.0. The maximum atomic E-state index is 10.5. The van der Waals surface area contributed by atoms with Crippen LogP contribution in [0.1, 0.15) is 25.6 Å². The number of primary amides is 1. The molecule has 0 aromatic carbocycles. The number of aliphatic hydroxyl groups excluding tert-OH is 1. The summed E-state index contributed by atoms with van der Waals surface area (Å²) >= 11 is 0. The van der Waals surface area contributed by atoms with Crippen LogP contribution in [0, 0.1) is 0 Å². The molecule has 0 radical (unpaired) electrons. The molecule has 0 saturated heterocycles. The summed E-state index contributed by atoms with van der Waals surface area (Å²) in [5.41, 5.74) is 5.78. The first kappa shape index (κ1) is 12.7. The van der Waals surface area contributed by atoms with Gasteiger partial charge in [0.15, 0.2) is 0 Å². The number of carbonyl (C=O) groups excluding carboxylic acids is 1. The van der Waals surface area contributed by atoms with Crippen molar-refractivity contribution in [3.8, 4) is 0 Å². The minimum absolute atomic E-state index is 0.143. The molecule has 0 aliphatic rings. The molecule has 1 aromatic rings. The predicted octanol–water partition coefficient (Wildman–Crippen LogP) is -0.600. The van der Waals surface area contributed by atoms with E-state index in [1.807, 2.05) is 30.8 Å². The summed E-state index contributed by atoms with van der Waals surface area (Å²) in [6, 6.07) is 2.22. The average molecular weight is 226 g/mol. The number of nitrogens with one attached hydrogen (secondary N) is 1. The maximum Gasteiger partial charge on any atom is 0.247 e. The number of nitrogens with zero attached hydrogens (tertiary/aromatic N) is 2. The number of amides is 1. The molecule has 6 heteroatoms. The minimum atomic E-state index is -1.15. The summed E-state index contributed by atoms with van der Waals surface area (Å²) in [6.45, 7) is 4.73. The fourth-order valence-electron chi connectivity index (χ4n) is 1.20. The Kier molecular flexibility index (Phi) is 4.45. The summed E-state index contributed by atoms with van der Waals surface area (Å²) in [4.78, 5) is 10.5. The molecule has 1 heterocycles. The largest absolute Gasteiger partial charge is 0.382 e. The van der Waals surface area contributed by atoms with Gasteiger partial charge in [-0.1, -0.05) is 0 Å². The van der Waals surface area contributed by atoms with Crippen molar-refractivity contribution in [1.29, 1.82) is 0 Å². The van der Waals surface area contributed by atoms with E-state index in [0.29, 0.717) is 12.6 Å². The zero-order chi connectivity index (χ0) is 12.1. The molecule has 1 amide bonds. The lowest BCUT2D eigenvalue weighted by Gasteiger charge is -2.07. The molecule has 0 aliphatic heterocycles. The highest BCUT2D eigenvalue weighted by Gasteiger charge is 2.09. The monoisotopic (exact) mass is 226 g/mol. The average Bonchev–Trinajstić information content (AvgIpc) is 2.66. The molecule has 1 unspecified atom stereocenters. The number of carbonyl (C=O) groups is 1. The fourth-order valence-corrected chi connectivity index (χ4v) is 1.20. The van der Waals surface area contributed by atoms with Crippen LogP contribution in [0.2, 0.25) is 0 Å². The highest BCUT2D eigenvalue weighted by molar-refractivity contribution is 5.78. The van der Waals surface area contributed by atoms with Crippen molar-refractivity contribution in [3.05, 3.63) is 18.0 Å². The van der Waals surface area contributed by atoms with Crippen molar-refractivity contribution in [3.63, 3.8) is 0 Å². The summed E-state index contributed by atoms with van der Waals surface area (Å²) < 4.78 is 1.85. The van der Waals surface area contributed by atoms with Crippen LogP contribution in [-0.4, -0.2) is 33.4 Å². The van der Waals surface area contributed by atoms with Crippen LogP contribution < -0.4 is 11.1 Å². The Labute approximate surface area is 94.4 Å². The van der Waals surface area contributed by atoms with Crippen LogP contribution in [-0.2, 0) is 11.3 Å². The van der Waals surface area contributed by atoms with E-state index in [2.05, 4.69) is 10.4 Å². The Morgan fingerprint density at radius 3 is 2.88 bits per heavy atom. The van der Waals surface area contributed by atoms with E-state index in [-0.39, 0.29) is 6.54 Å². The molecule has 16 heavy (non-hydrogen) atoms. The zero-order valence-corrected chi connectivity index (χ0v) is 9.55. The van der Waals surface area contributed by atoms with Gasteiger partial charge in [-0.05, 0) is 19.9 Å². The van der Waals surface area contributed by atoms with Crippen molar-refractivity contribution in [2.24, 2.45) is 5.73 Å². The molecule has 4 N–H and O–H groups in total. The Hall–Kier alpha value is -1.40. The summed E-state index contributed by atoms with van der Waals surface area (Å²) in [7, 11) is 0. The lowest BCUT2D eigenvalue weighted by Crippen LogP contribution is -2.37. The number of aromatic nitrogens is 2. The SMILES string of the molecule is CC(C)n1ccc(CNCC(O)C(N)=O)n1.